The second kappa shape index (κ2) is 5.48. The largest absolute Gasteiger partial charge is 0.359 e. The molecule has 2 aliphatic rings. The molecule has 0 spiro atoms. The average Bonchev–Trinajstić information content (AvgIpc) is 2.47. The van der Waals surface area contributed by atoms with Gasteiger partial charge in [0.2, 0.25) is 0 Å². The van der Waals surface area contributed by atoms with Crippen molar-refractivity contribution in [3.63, 3.8) is 0 Å². The van der Waals surface area contributed by atoms with Crippen LogP contribution >= 0.6 is 12.4 Å². The minimum Gasteiger partial charge on any atom is -0.359 e. The number of rotatable bonds is 2. The predicted octanol–water partition coefficient (Wildman–Crippen LogP) is 1.52. The third kappa shape index (κ3) is 3.59. The molecule has 2 fully saturated rings. The van der Waals surface area contributed by atoms with Gasteiger partial charge in [-0.25, -0.2) is 0 Å². The monoisotopic (exact) mass is 234 g/mol. The van der Waals surface area contributed by atoms with Crippen LogP contribution in [-0.2, 0) is 4.74 Å². The van der Waals surface area contributed by atoms with Gasteiger partial charge in [-0.15, -0.1) is 12.4 Å². The van der Waals surface area contributed by atoms with Crippen LogP contribution in [0.4, 0.5) is 0 Å². The van der Waals surface area contributed by atoms with Gasteiger partial charge < -0.3 is 10.1 Å². The first-order valence-corrected chi connectivity index (χ1v) is 5.80. The van der Waals surface area contributed by atoms with Crippen LogP contribution in [0.3, 0.4) is 0 Å². The third-order valence-corrected chi connectivity index (χ3v) is 3.28. The fourth-order valence-electron chi connectivity index (χ4n) is 2.68. The van der Waals surface area contributed by atoms with E-state index in [1.54, 1.807) is 0 Å². The molecule has 2 aliphatic heterocycles. The molecule has 3 unspecified atom stereocenters. The van der Waals surface area contributed by atoms with E-state index in [4.69, 9.17) is 4.74 Å². The van der Waals surface area contributed by atoms with Crippen molar-refractivity contribution in [2.24, 2.45) is 5.92 Å². The molecule has 0 saturated carbocycles. The number of halogens is 1. The summed E-state index contributed by atoms with van der Waals surface area (Å²) in [5.74, 6) is 0.784. The molecule has 2 heterocycles. The smallest absolute Gasteiger partial charge is 0.117 e. The van der Waals surface area contributed by atoms with E-state index in [9.17, 15) is 0 Å². The quantitative estimate of drug-likeness (QED) is 0.760. The Morgan fingerprint density at radius 3 is 2.80 bits per heavy atom. The number of piperidine rings is 1. The molecule has 0 amide bonds. The molecule has 3 nitrogen and oxygen atoms in total. The van der Waals surface area contributed by atoms with Gasteiger partial charge in [0, 0.05) is 6.04 Å². The van der Waals surface area contributed by atoms with Crippen molar-refractivity contribution in [2.75, 3.05) is 19.7 Å². The number of hydrogen-bond donors (Lipinski definition) is 2. The molecule has 4 heteroatoms. The molecule has 3 atom stereocenters. The lowest BCUT2D eigenvalue weighted by molar-refractivity contribution is -0.0158. The average molecular weight is 235 g/mol. The number of ether oxygens (including phenoxy) is 1. The lowest BCUT2D eigenvalue weighted by atomic mass is 9.91. The van der Waals surface area contributed by atoms with Crippen molar-refractivity contribution in [3.8, 4) is 0 Å². The van der Waals surface area contributed by atoms with Crippen LogP contribution in [0.1, 0.15) is 33.1 Å². The van der Waals surface area contributed by atoms with Gasteiger partial charge >= 0.3 is 0 Å². The first-order valence-electron chi connectivity index (χ1n) is 5.80. The summed E-state index contributed by atoms with van der Waals surface area (Å²) >= 11 is 0. The summed E-state index contributed by atoms with van der Waals surface area (Å²) in [6.45, 7) is 7.58. The molecular formula is C11H23ClN2O. The normalized spacial score (nSPS) is 41.2. The standard InChI is InChI=1S/C11H22N2O.ClH/c1-9-8-14-11(2,13-9)6-10-4-3-5-12-7-10;/h9-10,12-13H,3-8H2,1-2H3;1H. The van der Waals surface area contributed by atoms with Gasteiger partial charge in [0.25, 0.3) is 0 Å². The Balaban J connectivity index is 0.00000112. The van der Waals surface area contributed by atoms with E-state index in [1.807, 2.05) is 0 Å². The molecule has 0 aromatic rings. The van der Waals surface area contributed by atoms with Crippen molar-refractivity contribution in [2.45, 2.75) is 44.9 Å². The van der Waals surface area contributed by atoms with E-state index < -0.39 is 0 Å². The maximum Gasteiger partial charge on any atom is 0.117 e. The molecule has 0 bridgehead atoms. The summed E-state index contributed by atoms with van der Waals surface area (Å²) in [7, 11) is 0. The second-order valence-electron chi connectivity index (χ2n) is 5.00. The topological polar surface area (TPSA) is 33.3 Å². The van der Waals surface area contributed by atoms with Gasteiger partial charge in [0.05, 0.1) is 6.61 Å². The van der Waals surface area contributed by atoms with E-state index in [0.29, 0.717) is 6.04 Å². The van der Waals surface area contributed by atoms with Crippen molar-refractivity contribution >= 4 is 12.4 Å². The maximum atomic E-state index is 5.82. The minimum atomic E-state index is -0.0664. The Hall–Kier alpha value is 0.170. The highest BCUT2D eigenvalue weighted by Crippen LogP contribution is 2.27. The molecule has 90 valence electrons. The van der Waals surface area contributed by atoms with Crippen molar-refractivity contribution in [1.82, 2.24) is 10.6 Å². The van der Waals surface area contributed by atoms with Gasteiger partial charge in [-0.3, -0.25) is 5.32 Å². The highest BCUT2D eigenvalue weighted by atomic mass is 35.5. The van der Waals surface area contributed by atoms with Crippen LogP contribution in [0, 0.1) is 5.92 Å². The molecular weight excluding hydrogens is 212 g/mol. The first-order chi connectivity index (χ1) is 6.68. The van der Waals surface area contributed by atoms with Crippen LogP contribution in [0.25, 0.3) is 0 Å². The Kier molecular flexibility index (Phi) is 4.84. The molecule has 2 rings (SSSR count). The SMILES string of the molecule is CC1COC(C)(CC2CCCNC2)N1.Cl. The van der Waals surface area contributed by atoms with Gasteiger partial charge in [-0.1, -0.05) is 0 Å². The van der Waals surface area contributed by atoms with E-state index in [-0.39, 0.29) is 18.1 Å². The fourth-order valence-corrected chi connectivity index (χ4v) is 2.68. The van der Waals surface area contributed by atoms with Gasteiger partial charge in [-0.2, -0.15) is 0 Å². The zero-order valence-corrected chi connectivity index (χ0v) is 10.5. The Morgan fingerprint density at radius 2 is 2.27 bits per heavy atom. The highest BCUT2D eigenvalue weighted by Gasteiger charge is 2.35. The van der Waals surface area contributed by atoms with Gasteiger partial charge in [-0.05, 0) is 52.1 Å². The van der Waals surface area contributed by atoms with E-state index >= 15 is 0 Å². The zero-order valence-electron chi connectivity index (χ0n) is 9.71. The van der Waals surface area contributed by atoms with Crippen molar-refractivity contribution in [1.29, 1.82) is 0 Å². The fraction of sp³-hybridized carbons (Fsp3) is 1.00. The molecule has 0 aliphatic carbocycles. The van der Waals surface area contributed by atoms with Crippen LogP contribution in [-0.4, -0.2) is 31.5 Å². The van der Waals surface area contributed by atoms with Crippen molar-refractivity contribution < 1.29 is 4.74 Å². The number of hydrogen-bond acceptors (Lipinski definition) is 3. The first kappa shape index (κ1) is 13.2. The van der Waals surface area contributed by atoms with Gasteiger partial charge in [0.15, 0.2) is 0 Å². The Bertz CT molecular complexity index is 197. The third-order valence-electron chi connectivity index (χ3n) is 3.28. The number of nitrogens with one attached hydrogen (secondary N) is 2. The van der Waals surface area contributed by atoms with Crippen LogP contribution in [0.2, 0.25) is 0 Å². The summed E-state index contributed by atoms with van der Waals surface area (Å²) < 4.78 is 5.82. The maximum absolute atomic E-state index is 5.82. The zero-order chi connectivity index (χ0) is 10.0. The molecule has 2 N–H and O–H groups in total. The Morgan fingerprint density at radius 1 is 1.47 bits per heavy atom. The Labute approximate surface area is 98.7 Å². The summed E-state index contributed by atoms with van der Waals surface area (Å²) in [6.07, 6.45) is 3.81. The molecule has 0 aromatic carbocycles. The van der Waals surface area contributed by atoms with Crippen LogP contribution in [0.15, 0.2) is 0 Å². The predicted molar refractivity (Wildman–Crippen MR) is 64.4 cm³/mol. The summed E-state index contributed by atoms with van der Waals surface area (Å²) in [5.41, 5.74) is -0.0664. The minimum absolute atomic E-state index is 0. The van der Waals surface area contributed by atoms with Crippen LogP contribution in [0.5, 0.6) is 0 Å². The highest BCUT2D eigenvalue weighted by molar-refractivity contribution is 5.85. The summed E-state index contributed by atoms with van der Waals surface area (Å²) in [4.78, 5) is 0. The van der Waals surface area contributed by atoms with Crippen LogP contribution < -0.4 is 10.6 Å². The second-order valence-corrected chi connectivity index (χ2v) is 5.00. The molecule has 2 saturated heterocycles. The van der Waals surface area contributed by atoms with Gasteiger partial charge in [0.1, 0.15) is 5.72 Å². The van der Waals surface area contributed by atoms with Crippen molar-refractivity contribution in [3.05, 3.63) is 0 Å². The molecule has 15 heavy (non-hydrogen) atoms. The molecule has 0 radical (unpaired) electrons. The van der Waals surface area contributed by atoms with E-state index in [2.05, 4.69) is 24.5 Å². The summed E-state index contributed by atoms with van der Waals surface area (Å²) in [5, 5.41) is 6.98. The molecule has 0 aromatic heterocycles. The van der Waals surface area contributed by atoms with E-state index in [0.717, 1.165) is 25.5 Å². The lowest BCUT2D eigenvalue weighted by Crippen LogP contribution is -2.44. The lowest BCUT2D eigenvalue weighted by Gasteiger charge is -2.31. The summed E-state index contributed by atoms with van der Waals surface area (Å²) in [6, 6.07) is 0.511. The van der Waals surface area contributed by atoms with E-state index in [1.165, 1.54) is 19.4 Å².